The highest BCUT2D eigenvalue weighted by molar-refractivity contribution is 8.18. The fourth-order valence-electron chi connectivity index (χ4n) is 2.06. The molecule has 112 valence electrons. The Hall–Kier alpha value is -2.27. The maximum Gasteiger partial charge on any atom is 0.264 e. The number of hydrogen-bond acceptors (Lipinski definition) is 4. The third-order valence-electron chi connectivity index (χ3n) is 3.26. The molecule has 1 saturated heterocycles. The number of carbonyl (C=O) groups is 1. The summed E-state index contributed by atoms with van der Waals surface area (Å²) in [6.07, 6.45) is 2.73. The van der Waals surface area contributed by atoms with Gasteiger partial charge in [0, 0.05) is 6.08 Å². The summed E-state index contributed by atoms with van der Waals surface area (Å²) in [5.41, 5.74) is 2.09. The molecular weight excluding hydrogens is 296 g/mol. The molecule has 1 aromatic heterocycles. The van der Waals surface area contributed by atoms with Crippen LogP contribution in [0.25, 0.3) is 6.08 Å². The molecule has 3 rings (SSSR count). The number of thioether (sulfide) groups is 1. The summed E-state index contributed by atoms with van der Waals surface area (Å²) >= 11 is 1.32. The lowest BCUT2D eigenvalue weighted by Gasteiger charge is -1.98. The van der Waals surface area contributed by atoms with Crippen LogP contribution < -0.4 is 5.32 Å². The molecule has 1 N–H and O–H groups in total. The number of aliphatic imine (C=N–C) groups is 1. The molecule has 2 aromatic rings. The monoisotopic (exact) mass is 312 g/mol. The largest absolute Gasteiger partial charge is 0.462 e. The van der Waals surface area contributed by atoms with Gasteiger partial charge in [0.2, 0.25) is 0 Å². The molecule has 0 radical (unpaired) electrons. The van der Waals surface area contributed by atoms with Crippen molar-refractivity contribution in [2.24, 2.45) is 4.99 Å². The molecule has 1 aromatic carbocycles. The van der Waals surface area contributed by atoms with E-state index in [-0.39, 0.29) is 5.91 Å². The van der Waals surface area contributed by atoms with Gasteiger partial charge in [-0.3, -0.25) is 4.79 Å². The van der Waals surface area contributed by atoms with E-state index in [2.05, 4.69) is 17.2 Å². The molecular formula is C17H16N2O2S. The van der Waals surface area contributed by atoms with Gasteiger partial charge >= 0.3 is 0 Å². The molecule has 5 heteroatoms. The van der Waals surface area contributed by atoms with Gasteiger partial charge in [-0.2, -0.15) is 0 Å². The van der Waals surface area contributed by atoms with Crippen LogP contribution in [0.3, 0.4) is 0 Å². The molecule has 0 unspecified atom stereocenters. The van der Waals surface area contributed by atoms with Crippen LogP contribution in [-0.4, -0.2) is 11.1 Å². The van der Waals surface area contributed by atoms with Gasteiger partial charge in [-0.25, -0.2) is 4.99 Å². The molecule has 1 amide bonds. The molecule has 0 atom stereocenters. The maximum atomic E-state index is 12.0. The zero-order valence-corrected chi connectivity index (χ0v) is 13.2. The first kappa shape index (κ1) is 14.7. The quantitative estimate of drug-likeness (QED) is 0.870. The van der Waals surface area contributed by atoms with Crippen LogP contribution >= 0.6 is 11.8 Å². The molecule has 1 aliphatic heterocycles. The van der Waals surface area contributed by atoms with Crippen molar-refractivity contribution in [2.45, 2.75) is 20.3 Å². The number of aryl methyl sites for hydroxylation is 2. The lowest BCUT2D eigenvalue weighted by atomic mass is 10.2. The van der Waals surface area contributed by atoms with Crippen LogP contribution in [0.4, 0.5) is 5.69 Å². The Bertz CT molecular complexity index is 757. The standard InChI is InChI=1S/C17H16N2O2S/c1-3-12-5-7-13(8-6-12)18-17-19-16(20)15(22-17)10-14-9-4-11(2)21-14/h4-10H,3H2,1-2H3,(H,18,19,20)/b15-10-. The topological polar surface area (TPSA) is 54.6 Å². The normalized spacial score (nSPS) is 18.2. The van der Waals surface area contributed by atoms with E-state index < -0.39 is 0 Å². The van der Waals surface area contributed by atoms with E-state index in [9.17, 15) is 4.79 Å². The Labute approximate surface area is 133 Å². The van der Waals surface area contributed by atoms with Gasteiger partial charge in [0.05, 0.1) is 10.6 Å². The van der Waals surface area contributed by atoms with E-state index >= 15 is 0 Å². The summed E-state index contributed by atoms with van der Waals surface area (Å²) in [6.45, 7) is 3.98. The average Bonchev–Trinajstić information content (AvgIpc) is 3.06. The van der Waals surface area contributed by atoms with Crippen LogP contribution in [0.2, 0.25) is 0 Å². The van der Waals surface area contributed by atoms with Crippen LogP contribution in [0, 0.1) is 6.92 Å². The highest BCUT2D eigenvalue weighted by Crippen LogP contribution is 2.28. The number of amidine groups is 1. The SMILES string of the molecule is CCc1ccc(N=C2NC(=O)/C(=C/c3ccc(C)o3)S2)cc1. The summed E-state index contributed by atoms with van der Waals surface area (Å²) in [5, 5.41) is 3.36. The van der Waals surface area contributed by atoms with Crippen molar-refractivity contribution < 1.29 is 9.21 Å². The number of rotatable bonds is 3. The minimum absolute atomic E-state index is 0.150. The van der Waals surface area contributed by atoms with Crippen LogP contribution in [0.15, 0.2) is 50.7 Å². The van der Waals surface area contributed by atoms with Crippen molar-refractivity contribution in [1.29, 1.82) is 0 Å². The number of carbonyl (C=O) groups excluding carboxylic acids is 1. The predicted molar refractivity (Wildman–Crippen MR) is 90.1 cm³/mol. The fourth-order valence-corrected chi connectivity index (χ4v) is 2.89. The Balaban J connectivity index is 1.78. The van der Waals surface area contributed by atoms with Crippen molar-refractivity contribution in [3.63, 3.8) is 0 Å². The molecule has 1 aliphatic rings. The van der Waals surface area contributed by atoms with Crippen molar-refractivity contribution >= 4 is 34.6 Å². The van der Waals surface area contributed by atoms with E-state index in [0.717, 1.165) is 17.9 Å². The van der Waals surface area contributed by atoms with E-state index in [4.69, 9.17) is 4.42 Å². The first-order valence-electron chi connectivity index (χ1n) is 7.09. The molecule has 0 spiro atoms. The second-order valence-corrected chi connectivity index (χ2v) is 5.98. The van der Waals surface area contributed by atoms with Crippen LogP contribution in [0.5, 0.6) is 0 Å². The van der Waals surface area contributed by atoms with Crippen LogP contribution in [-0.2, 0) is 11.2 Å². The van der Waals surface area contributed by atoms with Gasteiger partial charge in [-0.05, 0) is 54.9 Å². The lowest BCUT2D eigenvalue weighted by molar-refractivity contribution is -0.115. The van der Waals surface area contributed by atoms with Crippen molar-refractivity contribution in [1.82, 2.24) is 5.32 Å². The fraction of sp³-hybridized carbons (Fsp3) is 0.176. The van der Waals surface area contributed by atoms with Crippen molar-refractivity contribution in [3.8, 4) is 0 Å². The van der Waals surface area contributed by atoms with E-state index in [1.54, 1.807) is 6.08 Å². The molecule has 2 heterocycles. The summed E-state index contributed by atoms with van der Waals surface area (Å²) in [4.78, 5) is 17.0. The minimum Gasteiger partial charge on any atom is -0.462 e. The first-order valence-corrected chi connectivity index (χ1v) is 7.90. The molecule has 0 aliphatic carbocycles. The first-order chi connectivity index (χ1) is 10.6. The second kappa shape index (κ2) is 6.23. The van der Waals surface area contributed by atoms with Gasteiger partial charge in [-0.15, -0.1) is 0 Å². The molecule has 0 saturated carbocycles. The number of furan rings is 1. The summed E-state index contributed by atoms with van der Waals surface area (Å²) < 4.78 is 5.46. The second-order valence-electron chi connectivity index (χ2n) is 4.95. The zero-order valence-electron chi connectivity index (χ0n) is 12.4. The third-order valence-corrected chi connectivity index (χ3v) is 4.17. The molecule has 4 nitrogen and oxygen atoms in total. The Kier molecular flexibility index (Phi) is 4.15. The van der Waals surface area contributed by atoms with Crippen molar-refractivity contribution in [3.05, 3.63) is 58.4 Å². The Morgan fingerprint density at radius 1 is 1.23 bits per heavy atom. The third kappa shape index (κ3) is 3.31. The summed E-state index contributed by atoms with van der Waals surface area (Å²) in [5.74, 6) is 1.34. The highest BCUT2D eigenvalue weighted by atomic mass is 32.2. The van der Waals surface area contributed by atoms with E-state index in [1.807, 2.05) is 43.3 Å². The number of amides is 1. The van der Waals surface area contributed by atoms with Gasteiger partial charge in [-0.1, -0.05) is 19.1 Å². The maximum absolute atomic E-state index is 12.0. The van der Waals surface area contributed by atoms with E-state index in [1.165, 1.54) is 17.3 Å². The highest BCUT2D eigenvalue weighted by Gasteiger charge is 2.24. The zero-order chi connectivity index (χ0) is 15.5. The summed E-state index contributed by atoms with van der Waals surface area (Å²) in [7, 11) is 0. The molecule has 22 heavy (non-hydrogen) atoms. The van der Waals surface area contributed by atoms with E-state index in [0.29, 0.717) is 15.8 Å². The number of hydrogen-bond donors (Lipinski definition) is 1. The van der Waals surface area contributed by atoms with Crippen molar-refractivity contribution in [2.75, 3.05) is 0 Å². The lowest BCUT2D eigenvalue weighted by Crippen LogP contribution is -2.19. The predicted octanol–water partition coefficient (Wildman–Crippen LogP) is 4.04. The van der Waals surface area contributed by atoms with Gasteiger partial charge < -0.3 is 9.73 Å². The number of nitrogens with one attached hydrogen (secondary N) is 1. The number of nitrogens with zero attached hydrogens (tertiary/aromatic N) is 1. The number of benzene rings is 1. The smallest absolute Gasteiger partial charge is 0.264 e. The van der Waals surface area contributed by atoms with Gasteiger partial charge in [0.1, 0.15) is 11.5 Å². The molecule has 1 fully saturated rings. The average molecular weight is 312 g/mol. The van der Waals surface area contributed by atoms with Gasteiger partial charge in [0.25, 0.3) is 5.91 Å². The van der Waals surface area contributed by atoms with Gasteiger partial charge in [0.15, 0.2) is 5.17 Å². The summed E-state index contributed by atoms with van der Waals surface area (Å²) in [6, 6.07) is 11.7. The Morgan fingerprint density at radius 3 is 2.64 bits per heavy atom. The Morgan fingerprint density at radius 2 is 2.00 bits per heavy atom. The minimum atomic E-state index is -0.150. The van der Waals surface area contributed by atoms with Crippen LogP contribution in [0.1, 0.15) is 24.0 Å². The molecule has 0 bridgehead atoms.